The van der Waals surface area contributed by atoms with Crippen molar-refractivity contribution in [1.29, 1.82) is 0 Å². The van der Waals surface area contributed by atoms with Crippen molar-refractivity contribution in [3.63, 3.8) is 0 Å². The lowest BCUT2D eigenvalue weighted by Crippen LogP contribution is -2.55. The van der Waals surface area contributed by atoms with E-state index in [1.165, 1.54) is 0 Å². The second-order valence-electron chi connectivity index (χ2n) is 26.6. The molecule has 0 aromatic carbocycles. The summed E-state index contributed by atoms with van der Waals surface area (Å²) in [6, 6.07) is 0. The Morgan fingerprint density at radius 3 is 0.849 bits per heavy atom. The third kappa shape index (κ3) is 42.3. The number of aliphatic hydroxyl groups is 10. The van der Waals surface area contributed by atoms with Gasteiger partial charge in [0.15, 0.2) is 18.9 Å². The third-order valence-corrected chi connectivity index (χ3v) is 21.4. The average molecular weight is 1630 g/mol. The van der Waals surface area contributed by atoms with Gasteiger partial charge in [0.25, 0.3) is 0 Å². The van der Waals surface area contributed by atoms with E-state index in [9.17, 15) is 88.9 Å². The lowest BCUT2D eigenvalue weighted by molar-refractivity contribution is -0.282. The van der Waals surface area contributed by atoms with Gasteiger partial charge in [0.2, 0.25) is 0 Å². The van der Waals surface area contributed by atoms with E-state index in [1.807, 2.05) is 0 Å². The van der Waals surface area contributed by atoms with Gasteiger partial charge in [-0.3, -0.25) is 36.2 Å². The predicted octanol–water partition coefficient (Wildman–Crippen LogP) is 2.75. The van der Waals surface area contributed by atoms with Crippen molar-refractivity contribution in [3.05, 3.63) is 0 Å². The van der Waals surface area contributed by atoms with Gasteiger partial charge >= 0.3 is 31.3 Å². The smallest absolute Gasteiger partial charge is 0.396 e. The van der Waals surface area contributed by atoms with E-state index in [2.05, 4.69) is 0 Å². The summed E-state index contributed by atoms with van der Waals surface area (Å²) >= 11 is 0. The molecule has 3 aliphatic rings. The number of phosphoric ester groups is 4. The molecule has 0 spiro atoms. The molecule has 42 heteroatoms. The Labute approximate surface area is 622 Å². The van der Waals surface area contributed by atoms with Crippen molar-refractivity contribution in [1.82, 2.24) is 0 Å². The Hall–Kier alpha value is -0.440. The van der Waals surface area contributed by atoms with Gasteiger partial charge in [-0.15, -0.1) is 0 Å². The molecule has 0 saturated carbocycles. The highest BCUT2D eigenvalue weighted by Gasteiger charge is 2.45. The van der Waals surface area contributed by atoms with E-state index >= 15 is 0 Å². The molecule has 3 aliphatic heterocycles. The van der Waals surface area contributed by atoms with Crippen LogP contribution in [0.2, 0.25) is 0 Å². The largest absolute Gasteiger partial charge is 0.472 e. The molecule has 0 aromatic rings. The number of hydrogen-bond donors (Lipinski definition) is 14. The normalized spacial score (nSPS) is 28.4. The van der Waals surface area contributed by atoms with Crippen LogP contribution in [0, 0.1) is 29.1 Å². The summed E-state index contributed by atoms with van der Waals surface area (Å²) in [4.78, 5) is 42.2. The first-order chi connectivity index (χ1) is 50.6. The summed E-state index contributed by atoms with van der Waals surface area (Å²) in [7, 11) is -16.9. The van der Waals surface area contributed by atoms with Gasteiger partial charge in [-0.25, -0.2) is 18.3 Å². The Morgan fingerprint density at radius 2 is 0.575 bits per heavy atom. The van der Waals surface area contributed by atoms with Crippen LogP contribution in [0.1, 0.15) is 130 Å². The van der Waals surface area contributed by atoms with Gasteiger partial charge in [0.05, 0.1) is 136 Å². The van der Waals surface area contributed by atoms with Crippen molar-refractivity contribution in [2.24, 2.45) is 29.1 Å². The highest BCUT2D eigenvalue weighted by molar-refractivity contribution is 7.48. The molecule has 20 atom stereocenters. The van der Waals surface area contributed by atoms with Gasteiger partial charge in [0.1, 0.15) is 36.6 Å². The van der Waals surface area contributed by atoms with E-state index < -0.39 is 155 Å². The number of aliphatic hydroxyl groups excluding tert-OH is 10. The summed E-state index contributed by atoms with van der Waals surface area (Å²) < 4.78 is 162. The first kappa shape index (κ1) is 99.8. The van der Waals surface area contributed by atoms with Gasteiger partial charge in [-0.05, 0) is 70.6 Å². The monoisotopic (exact) mass is 1630 g/mol. The Morgan fingerprint density at radius 1 is 0.321 bits per heavy atom. The van der Waals surface area contributed by atoms with Crippen LogP contribution in [0.3, 0.4) is 0 Å². The van der Waals surface area contributed by atoms with Crippen LogP contribution >= 0.6 is 31.3 Å². The fourth-order valence-corrected chi connectivity index (χ4v) is 14.1. The second kappa shape index (κ2) is 56.8. The molecule has 632 valence electrons. The maximum Gasteiger partial charge on any atom is 0.472 e. The minimum absolute atomic E-state index is 0.0323. The zero-order valence-electron chi connectivity index (χ0n) is 62.0. The number of ether oxygens (including phenoxy) is 12. The lowest BCUT2D eigenvalue weighted by Gasteiger charge is -2.40. The molecule has 3 heterocycles. The van der Waals surface area contributed by atoms with Gasteiger partial charge in [-0.1, -0.05) is 59.3 Å². The molecule has 0 aliphatic carbocycles. The maximum atomic E-state index is 13.5. The van der Waals surface area contributed by atoms with Crippen molar-refractivity contribution in [2.45, 2.75) is 204 Å². The zero-order chi connectivity index (χ0) is 78.3. The first-order valence-corrected chi connectivity index (χ1v) is 42.8. The molecule has 38 nitrogen and oxygen atoms in total. The average Bonchev–Trinajstić information content (AvgIpc) is 0.832. The molecule has 0 radical (unpaired) electrons. The molecule has 0 amide bonds. The molecular formula is C64H128O38P4. The number of methoxy groups -OCH3 is 1. The van der Waals surface area contributed by atoms with Crippen LogP contribution in [-0.4, -0.2) is 323 Å². The van der Waals surface area contributed by atoms with Crippen LogP contribution in [0.15, 0.2) is 0 Å². The summed E-state index contributed by atoms with van der Waals surface area (Å²) in [6.45, 7) is 1.98. The van der Waals surface area contributed by atoms with E-state index in [0.29, 0.717) is 96.7 Å². The number of phosphoric acid groups is 4. The molecule has 11 unspecified atom stereocenters. The summed E-state index contributed by atoms with van der Waals surface area (Å²) in [5.41, 5.74) is -1.46. The second-order valence-corrected chi connectivity index (χ2v) is 32.5. The van der Waals surface area contributed by atoms with Crippen molar-refractivity contribution < 1.29 is 182 Å². The highest BCUT2D eigenvalue weighted by atomic mass is 31.2. The molecule has 106 heavy (non-hydrogen) atoms. The predicted molar refractivity (Wildman–Crippen MR) is 373 cm³/mol. The number of unbranched alkanes of at least 4 members (excludes halogenated alkanes) is 9. The lowest BCUT2D eigenvalue weighted by atomic mass is 9.92. The first-order valence-electron chi connectivity index (χ1n) is 36.8. The highest BCUT2D eigenvalue weighted by Crippen LogP contribution is 2.47. The van der Waals surface area contributed by atoms with E-state index in [4.69, 9.17) is 93.0 Å². The summed E-state index contributed by atoms with van der Waals surface area (Å²) in [6.07, 6.45) is -5.02. The van der Waals surface area contributed by atoms with E-state index in [0.717, 1.165) is 0 Å². The van der Waals surface area contributed by atoms with Crippen LogP contribution in [0.5, 0.6) is 0 Å². The van der Waals surface area contributed by atoms with Crippen molar-refractivity contribution in [2.75, 3.05) is 179 Å². The molecular weight excluding hydrogens is 1500 g/mol. The minimum atomic E-state index is -4.86. The minimum Gasteiger partial charge on any atom is -0.396 e. The van der Waals surface area contributed by atoms with Crippen molar-refractivity contribution in [3.8, 4) is 0 Å². The van der Waals surface area contributed by atoms with Crippen LogP contribution in [0.4, 0.5) is 0 Å². The third-order valence-electron chi connectivity index (χ3n) is 17.4. The number of rotatable bonds is 68. The van der Waals surface area contributed by atoms with E-state index in [1.54, 1.807) is 27.9 Å². The van der Waals surface area contributed by atoms with Gasteiger partial charge < -0.3 is 127 Å². The van der Waals surface area contributed by atoms with Crippen LogP contribution in [0.25, 0.3) is 0 Å². The number of hydrogen-bond acceptors (Lipinski definition) is 34. The van der Waals surface area contributed by atoms with Crippen LogP contribution in [-0.2, 0) is 111 Å². The van der Waals surface area contributed by atoms with Crippen molar-refractivity contribution >= 4 is 31.3 Å². The molecule has 14 N–H and O–H groups in total. The molecule has 0 aromatic heterocycles. The topological polar surface area (TPSA) is 536 Å². The zero-order valence-corrected chi connectivity index (χ0v) is 65.6. The molecule has 3 rings (SSSR count). The Balaban J connectivity index is 1.59. The quantitative estimate of drug-likeness (QED) is 0.0307. The maximum absolute atomic E-state index is 13.5. The van der Waals surface area contributed by atoms with E-state index in [-0.39, 0.29) is 164 Å². The Bertz CT molecular complexity index is 2180. The standard InChI is InChI=1S/C64H128O38P4/c1-48-55(69)58(72)52(39-66)100-61(48)89-28-11-5-8-14-31-92-103(75,76)95-35-19-25-86-44-64(47-99-106(81,82)98-34-18-24-85-43-51(38-65)42-84-23-17-22-83-4,45-87-26-20-36-96-104(77,78)93-32-15-9-6-12-29-90-62-49(2)56(70)59(73)53(40-67)101-62)46-88-27-21-37-97-105(79,80)94-33-16-10-7-13-30-91-63-50(3)57(71)60(74)54(41-68)102-63/h48-63,65-74H,5-47H2,1-4H3,(H,75,76)(H,77,78)(H,79,80)(H,81,82)/t48?,49?,50?,51?,52?,53?,54?,55-,56-,57-,58+,59+,60+,61-,62-,63-,64?/m1/s1. The molecule has 3 fully saturated rings. The van der Waals surface area contributed by atoms with Gasteiger partial charge in [0, 0.05) is 90.2 Å². The SMILES string of the molecule is COCCCOCC(CO)COCCCOP(=O)(O)OCC(COCCCOP(=O)(O)OCCCCCCO[C@@H]1OC(CO)[C@H](O)[C@H](O)C1C)(COCCCOP(=O)(O)OCCCCCCO[C@@H]1OC(CO)[C@H](O)[C@H](O)C1C)COCCCOP(=O)(O)OCCCCCCO[C@@H]1OC(CO)[C@H](O)[C@H](O)C1C. The molecule has 3 saturated heterocycles. The van der Waals surface area contributed by atoms with Gasteiger partial charge in [-0.2, -0.15) is 0 Å². The fraction of sp³-hybridized carbons (Fsp3) is 1.00. The molecule has 0 bridgehead atoms. The fourth-order valence-electron chi connectivity index (χ4n) is 10.8. The van der Waals surface area contributed by atoms with Crippen LogP contribution < -0.4 is 0 Å². The summed E-state index contributed by atoms with van der Waals surface area (Å²) in [5.74, 6) is -1.94. The Kier molecular flexibility index (Phi) is 53.4. The summed E-state index contributed by atoms with van der Waals surface area (Å²) in [5, 5.41) is 99.3.